The highest BCUT2D eigenvalue weighted by Crippen LogP contribution is 2.51. The van der Waals surface area contributed by atoms with Crippen LogP contribution in [0.1, 0.15) is 38.3 Å². The SMILES string of the molecule is CC(C)(C)S(=O)(=O)NC1(CCO)c2cc(Br)ccc2Oc2c1cc(Cl)nc2F. The summed E-state index contributed by atoms with van der Waals surface area (Å²) in [5.41, 5.74) is -0.920. The number of sulfonamides is 1. The van der Waals surface area contributed by atoms with Gasteiger partial charge in [-0.3, -0.25) is 0 Å². The number of nitrogens with zero attached hydrogens (tertiary/aromatic N) is 1. The van der Waals surface area contributed by atoms with E-state index in [0.717, 1.165) is 0 Å². The number of ether oxygens (including phenoxy) is 1. The molecule has 2 aromatic rings. The zero-order valence-corrected chi connectivity index (χ0v) is 18.5. The Morgan fingerprint density at radius 2 is 2.00 bits per heavy atom. The molecule has 10 heteroatoms. The van der Waals surface area contributed by atoms with Crippen LogP contribution in [-0.2, 0) is 15.6 Å². The Bertz CT molecular complexity index is 1040. The molecular formula is C18H19BrClFN2O4S. The van der Waals surface area contributed by atoms with Gasteiger partial charge in [-0.05, 0) is 51.5 Å². The first kappa shape index (κ1) is 21.4. The molecule has 28 heavy (non-hydrogen) atoms. The van der Waals surface area contributed by atoms with Gasteiger partial charge in [0.2, 0.25) is 10.0 Å². The third-order valence-corrected chi connectivity index (χ3v) is 7.49. The van der Waals surface area contributed by atoms with E-state index in [2.05, 4.69) is 25.6 Å². The maximum Gasteiger partial charge on any atom is 0.257 e. The molecule has 6 nitrogen and oxygen atoms in total. The van der Waals surface area contributed by atoms with Crippen molar-refractivity contribution in [1.82, 2.24) is 9.71 Å². The molecule has 1 atom stereocenters. The van der Waals surface area contributed by atoms with Crippen LogP contribution >= 0.6 is 27.5 Å². The summed E-state index contributed by atoms with van der Waals surface area (Å²) < 4.78 is 48.7. The van der Waals surface area contributed by atoms with Gasteiger partial charge in [-0.2, -0.15) is 9.11 Å². The van der Waals surface area contributed by atoms with E-state index in [1.165, 1.54) is 6.07 Å². The predicted molar refractivity (Wildman–Crippen MR) is 108 cm³/mol. The molecule has 0 bridgehead atoms. The number of fused-ring (bicyclic) bond motifs is 2. The summed E-state index contributed by atoms with van der Waals surface area (Å²) in [5, 5.41) is 9.66. The molecule has 152 valence electrons. The summed E-state index contributed by atoms with van der Waals surface area (Å²) in [6.45, 7) is 4.26. The Morgan fingerprint density at radius 1 is 1.32 bits per heavy atom. The lowest BCUT2D eigenvalue weighted by Crippen LogP contribution is -2.53. The van der Waals surface area contributed by atoms with Crippen LogP contribution in [0.2, 0.25) is 5.15 Å². The van der Waals surface area contributed by atoms with Crippen LogP contribution in [0.25, 0.3) is 0 Å². The second kappa shape index (κ2) is 7.21. The van der Waals surface area contributed by atoms with Crippen molar-refractivity contribution in [2.24, 2.45) is 0 Å². The molecule has 3 rings (SSSR count). The minimum absolute atomic E-state index is 0.0676. The van der Waals surface area contributed by atoms with E-state index in [9.17, 15) is 17.9 Å². The average molecular weight is 494 g/mol. The maximum absolute atomic E-state index is 14.6. The van der Waals surface area contributed by atoms with Crippen LogP contribution in [0.4, 0.5) is 4.39 Å². The van der Waals surface area contributed by atoms with Crippen molar-refractivity contribution in [2.75, 3.05) is 6.61 Å². The molecule has 0 saturated carbocycles. The highest BCUT2D eigenvalue weighted by molar-refractivity contribution is 9.10. The molecule has 0 saturated heterocycles. The number of hydrogen-bond donors (Lipinski definition) is 2. The van der Waals surface area contributed by atoms with Crippen molar-refractivity contribution < 1.29 is 22.7 Å². The first-order chi connectivity index (χ1) is 12.9. The van der Waals surface area contributed by atoms with Gasteiger partial charge in [-0.15, -0.1) is 0 Å². The van der Waals surface area contributed by atoms with Gasteiger partial charge in [0.1, 0.15) is 10.9 Å². The zero-order chi connectivity index (χ0) is 20.9. The fourth-order valence-corrected chi connectivity index (χ4v) is 4.68. The molecule has 0 radical (unpaired) electrons. The summed E-state index contributed by atoms with van der Waals surface area (Å²) in [7, 11) is -3.92. The fraction of sp³-hybridized carbons (Fsp3) is 0.389. The molecule has 1 aliphatic rings. The molecule has 1 aromatic heterocycles. The molecule has 2 heterocycles. The Hall–Kier alpha value is -1.26. The number of aromatic nitrogens is 1. The minimum atomic E-state index is -3.92. The third-order valence-electron chi connectivity index (χ3n) is 4.58. The summed E-state index contributed by atoms with van der Waals surface area (Å²) >= 11 is 9.35. The monoisotopic (exact) mass is 492 g/mol. The quantitative estimate of drug-likeness (QED) is 0.627. The molecule has 0 amide bonds. The van der Waals surface area contributed by atoms with E-state index < -0.39 is 26.3 Å². The highest BCUT2D eigenvalue weighted by atomic mass is 79.9. The lowest BCUT2D eigenvalue weighted by atomic mass is 9.79. The molecule has 2 N–H and O–H groups in total. The van der Waals surface area contributed by atoms with Crippen LogP contribution in [0.5, 0.6) is 11.5 Å². The number of nitrogens with one attached hydrogen (secondary N) is 1. The third kappa shape index (κ3) is 3.54. The maximum atomic E-state index is 14.6. The molecule has 0 spiro atoms. The molecule has 1 unspecified atom stereocenters. The first-order valence-electron chi connectivity index (χ1n) is 8.40. The number of halogens is 3. The van der Waals surface area contributed by atoms with Crippen LogP contribution in [0, 0.1) is 5.95 Å². The van der Waals surface area contributed by atoms with Crippen LogP contribution in [0.3, 0.4) is 0 Å². The van der Waals surface area contributed by atoms with E-state index in [0.29, 0.717) is 10.0 Å². The van der Waals surface area contributed by atoms with E-state index in [-0.39, 0.29) is 35.2 Å². The van der Waals surface area contributed by atoms with Gasteiger partial charge in [0.25, 0.3) is 5.95 Å². The predicted octanol–water partition coefficient (Wildman–Crippen LogP) is 4.09. The van der Waals surface area contributed by atoms with Crippen LogP contribution < -0.4 is 9.46 Å². The van der Waals surface area contributed by atoms with Crippen molar-refractivity contribution >= 4 is 37.6 Å². The minimum Gasteiger partial charge on any atom is -0.452 e. The number of aliphatic hydroxyl groups excluding tert-OH is 1. The highest BCUT2D eigenvalue weighted by Gasteiger charge is 2.48. The van der Waals surface area contributed by atoms with Crippen molar-refractivity contribution in [3.05, 3.63) is 51.0 Å². The number of benzene rings is 1. The van der Waals surface area contributed by atoms with E-state index >= 15 is 0 Å². The van der Waals surface area contributed by atoms with Crippen molar-refractivity contribution in [2.45, 2.75) is 37.5 Å². The second-order valence-electron chi connectivity index (χ2n) is 7.45. The van der Waals surface area contributed by atoms with Gasteiger partial charge in [0.15, 0.2) is 5.75 Å². The van der Waals surface area contributed by atoms with Gasteiger partial charge in [0.05, 0.1) is 10.3 Å². The molecule has 1 aromatic carbocycles. The second-order valence-corrected chi connectivity index (χ2v) is 11.2. The van der Waals surface area contributed by atoms with Gasteiger partial charge in [-0.1, -0.05) is 27.5 Å². The van der Waals surface area contributed by atoms with Crippen LogP contribution in [0.15, 0.2) is 28.7 Å². The normalized spacial score (nSPS) is 19.0. The Kier molecular flexibility index (Phi) is 5.52. The number of rotatable bonds is 4. The molecule has 0 aliphatic carbocycles. The Labute approximate surface area is 176 Å². The number of aliphatic hydroxyl groups is 1. The summed E-state index contributed by atoms with van der Waals surface area (Å²) in [4.78, 5) is 3.57. The van der Waals surface area contributed by atoms with Gasteiger partial charge in [0, 0.05) is 22.2 Å². The van der Waals surface area contributed by atoms with E-state index in [1.807, 2.05) is 0 Å². The Balaban J connectivity index is 2.39. The summed E-state index contributed by atoms with van der Waals surface area (Å²) in [5.74, 6) is -0.943. The largest absolute Gasteiger partial charge is 0.452 e. The Morgan fingerprint density at radius 3 is 2.61 bits per heavy atom. The molecular weight excluding hydrogens is 475 g/mol. The summed E-state index contributed by atoms with van der Waals surface area (Å²) in [6.07, 6.45) is -0.0676. The first-order valence-corrected chi connectivity index (χ1v) is 11.1. The lowest BCUT2D eigenvalue weighted by molar-refractivity contribution is 0.235. The zero-order valence-electron chi connectivity index (χ0n) is 15.4. The van der Waals surface area contributed by atoms with Crippen molar-refractivity contribution in [3.8, 4) is 11.5 Å². The summed E-state index contributed by atoms with van der Waals surface area (Å²) in [6, 6.07) is 6.30. The van der Waals surface area contributed by atoms with Gasteiger partial charge in [-0.25, -0.2) is 13.4 Å². The lowest BCUT2D eigenvalue weighted by Gasteiger charge is -2.41. The van der Waals surface area contributed by atoms with E-state index in [4.69, 9.17) is 16.3 Å². The average Bonchev–Trinajstić information content (AvgIpc) is 2.56. The molecule has 1 aliphatic heterocycles. The standard InChI is InChI=1S/C18H19BrClFN2O4S/c1-17(2,3)28(25,26)23-18(6-7-24)11-8-10(19)4-5-13(11)27-15-12(18)9-14(20)22-16(15)21/h4-5,8-9,23-24H,6-7H2,1-3H3. The number of hydrogen-bond acceptors (Lipinski definition) is 5. The van der Waals surface area contributed by atoms with Crippen LogP contribution in [-0.4, -0.2) is 29.9 Å². The topological polar surface area (TPSA) is 88.5 Å². The fourth-order valence-electron chi connectivity index (χ4n) is 3.05. The van der Waals surface area contributed by atoms with Crippen molar-refractivity contribution in [1.29, 1.82) is 0 Å². The van der Waals surface area contributed by atoms with E-state index in [1.54, 1.807) is 39.0 Å². The number of pyridine rings is 1. The van der Waals surface area contributed by atoms with Gasteiger partial charge >= 0.3 is 0 Å². The molecule has 0 fully saturated rings. The van der Waals surface area contributed by atoms with Crippen molar-refractivity contribution in [3.63, 3.8) is 0 Å². The van der Waals surface area contributed by atoms with Gasteiger partial charge < -0.3 is 9.84 Å². The smallest absolute Gasteiger partial charge is 0.257 e.